The van der Waals surface area contributed by atoms with E-state index in [4.69, 9.17) is 9.84 Å². The number of aliphatic carboxylic acids is 1. The summed E-state index contributed by atoms with van der Waals surface area (Å²) in [7, 11) is 0. The molecule has 0 saturated heterocycles. The van der Waals surface area contributed by atoms with Crippen LogP contribution in [0.5, 0.6) is 5.75 Å². The molecule has 0 heterocycles. The fourth-order valence-corrected chi connectivity index (χ4v) is 1.76. The number of hydrogen-bond donors (Lipinski definition) is 1. The van der Waals surface area contributed by atoms with Gasteiger partial charge in [0, 0.05) is 11.6 Å². The standard InChI is InChI=1S/C16H22O3/c1-12(2)5-4-10-19-15-8-6-13(3)11-14(15)7-9-16(17)18/h6-9,11-12H,4-5,10H2,1-3H3,(H,17,18)/b9-7+. The van der Waals surface area contributed by atoms with Gasteiger partial charge in [-0.1, -0.05) is 25.5 Å². The lowest BCUT2D eigenvalue weighted by molar-refractivity contribution is -0.131. The minimum absolute atomic E-state index is 0.662. The van der Waals surface area contributed by atoms with Crippen molar-refractivity contribution in [3.8, 4) is 5.75 Å². The largest absolute Gasteiger partial charge is 0.493 e. The van der Waals surface area contributed by atoms with Crippen LogP contribution in [0.1, 0.15) is 37.8 Å². The Morgan fingerprint density at radius 3 is 2.79 bits per heavy atom. The number of ether oxygens (including phenoxy) is 1. The first-order valence-electron chi connectivity index (χ1n) is 6.63. The second kappa shape index (κ2) is 7.62. The molecule has 0 aliphatic rings. The molecule has 0 fully saturated rings. The van der Waals surface area contributed by atoms with Gasteiger partial charge in [0.2, 0.25) is 0 Å². The number of rotatable bonds is 7. The molecule has 0 atom stereocenters. The van der Waals surface area contributed by atoms with E-state index in [2.05, 4.69) is 13.8 Å². The van der Waals surface area contributed by atoms with Crippen molar-refractivity contribution in [2.75, 3.05) is 6.61 Å². The van der Waals surface area contributed by atoms with Crippen molar-refractivity contribution >= 4 is 12.0 Å². The Labute approximate surface area is 114 Å². The summed E-state index contributed by atoms with van der Waals surface area (Å²) in [6.07, 6.45) is 4.85. The summed E-state index contributed by atoms with van der Waals surface area (Å²) >= 11 is 0. The van der Waals surface area contributed by atoms with E-state index in [1.807, 2.05) is 25.1 Å². The Bertz CT molecular complexity index is 447. The number of carbonyl (C=O) groups is 1. The van der Waals surface area contributed by atoms with Gasteiger partial charge in [0.1, 0.15) is 5.75 Å². The Kier molecular flexibility index (Phi) is 6.13. The monoisotopic (exact) mass is 262 g/mol. The van der Waals surface area contributed by atoms with Crippen LogP contribution in [0.2, 0.25) is 0 Å². The molecule has 1 aromatic carbocycles. The van der Waals surface area contributed by atoms with Crippen molar-refractivity contribution in [3.63, 3.8) is 0 Å². The smallest absolute Gasteiger partial charge is 0.328 e. The zero-order valence-electron chi connectivity index (χ0n) is 11.8. The summed E-state index contributed by atoms with van der Waals surface area (Å²) in [5, 5.41) is 8.68. The molecule has 1 aromatic rings. The van der Waals surface area contributed by atoms with Gasteiger partial charge in [-0.3, -0.25) is 0 Å². The van der Waals surface area contributed by atoms with Crippen LogP contribution in [0, 0.1) is 12.8 Å². The molecule has 3 nitrogen and oxygen atoms in total. The summed E-state index contributed by atoms with van der Waals surface area (Å²) in [4.78, 5) is 10.6. The van der Waals surface area contributed by atoms with E-state index in [1.54, 1.807) is 6.08 Å². The maximum atomic E-state index is 10.6. The highest BCUT2D eigenvalue weighted by Crippen LogP contribution is 2.22. The van der Waals surface area contributed by atoms with E-state index in [-0.39, 0.29) is 0 Å². The third kappa shape index (κ3) is 6.09. The molecular formula is C16H22O3. The number of carboxylic acid groups (broad SMARTS) is 1. The van der Waals surface area contributed by atoms with Crippen LogP contribution in [0.3, 0.4) is 0 Å². The number of aryl methyl sites for hydroxylation is 1. The lowest BCUT2D eigenvalue weighted by atomic mass is 10.1. The molecule has 0 bridgehead atoms. The quantitative estimate of drug-likeness (QED) is 0.598. The van der Waals surface area contributed by atoms with E-state index in [9.17, 15) is 4.79 Å². The summed E-state index contributed by atoms with van der Waals surface area (Å²) in [5.74, 6) is 0.465. The van der Waals surface area contributed by atoms with Crippen LogP contribution in [-0.4, -0.2) is 17.7 Å². The first kappa shape index (κ1) is 15.3. The minimum Gasteiger partial charge on any atom is -0.493 e. The average Bonchev–Trinajstić information content (AvgIpc) is 2.33. The van der Waals surface area contributed by atoms with Crippen LogP contribution < -0.4 is 4.74 Å². The van der Waals surface area contributed by atoms with Crippen molar-refractivity contribution in [1.29, 1.82) is 0 Å². The summed E-state index contributed by atoms with van der Waals surface area (Å²) in [6, 6.07) is 5.79. The second-order valence-corrected chi connectivity index (χ2v) is 5.10. The fourth-order valence-electron chi connectivity index (χ4n) is 1.76. The topological polar surface area (TPSA) is 46.5 Å². The van der Waals surface area contributed by atoms with Gasteiger partial charge in [-0.25, -0.2) is 4.79 Å². The molecule has 0 aliphatic carbocycles. The summed E-state index contributed by atoms with van der Waals surface area (Å²) in [6.45, 7) is 7.01. The molecule has 104 valence electrons. The number of benzene rings is 1. The van der Waals surface area contributed by atoms with Gasteiger partial charge in [0.25, 0.3) is 0 Å². The molecule has 0 unspecified atom stereocenters. The van der Waals surface area contributed by atoms with Gasteiger partial charge >= 0.3 is 5.97 Å². The lowest BCUT2D eigenvalue weighted by Gasteiger charge is -2.11. The highest BCUT2D eigenvalue weighted by atomic mass is 16.5. The van der Waals surface area contributed by atoms with E-state index < -0.39 is 5.97 Å². The van der Waals surface area contributed by atoms with Gasteiger partial charge < -0.3 is 9.84 Å². The molecule has 1 N–H and O–H groups in total. The first-order chi connectivity index (χ1) is 8.99. The normalized spacial score (nSPS) is 11.2. The molecule has 3 heteroatoms. The van der Waals surface area contributed by atoms with Crippen LogP contribution in [-0.2, 0) is 4.79 Å². The van der Waals surface area contributed by atoms with Crippen LogP contribution in [0.15, 0.2) is 24.3 Å². The predicted molar refractivity (Wildman–Crippen MR) is 77.4 cm³/mol. The SMILES string of the molecule is Cc1ccc(OCCCC(C)C)c(/C=C/C(=O)O)c1. The molecule has 0 spiro atoms. The van der Waals surface area contributed by atoms with E-state index >= 15 is 0 Å². The first-order valence-corrected chi connectivity index (χ1v) is 6.63. The van der Waals surface area contributed by atoms with Crippen LogP contribution in [0.4, 0.5) is 0 Å². The lowest BCUT2D eigenvalue weighted by Crippen LogP contribution is -2.01. The van der Waals surface area contributed by atoms with Crippen molar-refractivity contribution in [1.82, 2.24) is 0 Å². The Morgan fingerprint density at radius 1 is 1.42 bits per heavy atom. The van der Waals surface area contributed by atoms with Gasteiger partial charge in [-0.2, -0.15) is 0 Å². The molecule has 19 heavy (non-hydrogen) atoms. The maximum absolute atomic E-state index is 10.6. The van der Waals surface area contributed by atoms with Crippen molar-refractivity contribution in [2.24, 2.45) is 5.92 Å². The van der Waals surface area contributed by atoms with Crippen LogP contribution in [0.25, 0.3) is 6.08 Å². The number of carboxylic acids is 1. The van der Waals surface area contributed by atoms with Crippen molar-refractivity contribution < 1.29 is 14.6 Å². The minimum atomic E-state index is -0.952. The van der Waals surface area contributed by atoms with E-state index in [1.165, 1.54) is 0 Å². The average molecular weight is 262 g/mol. The molecular weight excluding hydrogens is 240 g/mol. The predicted octanol–water partition coefficient (Wildman–Crippen LogP) is 3.91. The van der Waals surface area contributed by atoms with Crippen molar-refractivity contribution in [2.45, 2.75) is 33.6 Å². The molecule has 0 saturated carbocycles. The molecule has 1 rings (SSSR count). The molecule has 0 radical (unpaired) electrons. The molecule has 0 aliphatic heterocycles. The zero-order valence-corrected chi connectivity index (χ0v) is 11.8. The van der Waals surface area contributed by atoms with E-state index in [0.29, 0.717) is 12.5 Å². The zero-order chi connectivity index (χ0) is 14.3. The highest BCUT2D eigenvalue weighted by Gasteiger charge is 2.03. The molecule has 0 aromatic heterocycles. The fraction of sp³-hybridized carbons (Fsp3) is 0.438. The van der Waals surface area contributed by atoms with Crippen molar-refractivity contribution in [3.05, 3.63) is 35.4 Å². The maximum Gasteiger partial charge on any atom is 0.328 e. The second-order valence-electron chi connectivity index (χ2n) is 5.10. The summed E-state index contributed by atoms with van der Waals surface area (Å²) in [5.41, 5.74) is 1.89. The Balaban J connectivity index is 2.68. The van der Waals surface area contributed by atoms with Gasteiger partial charge in [0.05, 0.1) is 6.61 Å². The highest BCUT2D eigenvalue weighted by molar-refractivity contribution is 5.85. The third-order valence-electron chi connectivity index (χ3n) is 2.75. The number of hydrogen-bond acceptors (Lipinski definition) is 2. The van der Waals surface area contributed by atoms with Gasteiger partial charge in [-0.05, 0) is 43.9 Å². The molecule has 0 amide bonds. The third-order valence-corrected chi connectivity index (χ3v) is 2.75. The van der Waals surface area contributed by atoms with E-state index in [0.717, 1.165) is 35.8 Å². The van der Waals surface area contributed by atoms with Gasteiger partial charge in [-0.15, -0.1) is 0 Å². The Hall–Kier alpha value is -1.77. The van der Waals surface area contributed by atoms with Crippen LogP contribution >= 0.6 is 0 Å². The van der Waals surface area contributed by atoms with Gasteiger partial charge in [0.15, 0.2) is 0 Å². The Morgan fingerprint density at radius 2 is 2.16 bits per heavy atom. The summed E-state index contributed by atoms with van der Waals surface area (Å²) < 4.78 is 5.73.